The molecule has 0 unspecified atom stereocenters. The van der Waals surface area contributed by atoms with Crippen molar-refractivity contribution in [1.29, 1.82) is 0 Å². The molecule has 0 amide bonds. The van der Waals surface area contributed by atoms with Crippen LogP contribution in [0.3, 0.4) is 0 Å². The lowest BCUT2D eigenvalue weighted by Crippen LogP contribution is -2.14. The van der Waals surface area contributed by atoms with E-state index in [1.165, 1.54) is 18.2 Å². The second-order valence-corrected chi connectivity index (χ2v) is 5.70. The summed E-state index contributed by atoms with van der Waals surface area (Å²) in [7, 11) is -3.93. The van der Waals surface area contributed by atoms with Crippen LogP contribution in [0.4, 0.5) is 14.5 Å². The Morgan fingerprint density at radius 3 is 2.26 bits per heavy atom. The smallest absolute Gasteiger partial charge is 0.261 e. The van der Waals surface area contributed by atoms with Gasteiger partial charge in [-0.15, -0.1) is 0 Å². The molecule has 0 fully saturated rings. The Hall–Kier alpha value is -1.95. The van der Waals surface area contributed by atoms with Gasteiger partial charge in [-0.2, -0.15) is 0 Å². The third-order valence-electron chi connectivity index (χ3n) is 2.53. The fourth-order valence-corrected chi connectivity index (χ4v) is 2.56. The molecular formula is C13H11F2NO2S. The molecular weight excluding hydrogens is 272 g/mol. The summed E-state index contributed by atoms with van der Waals surface area (Å²) in [6, 6.07) is 9.34. The molecule has 0 aliphatic carbocycles. The van der Waals surface area contributed by atoms with Gasteiger partial charge in [0.2, 0.25) is 0 Å². The summed E-state index contributed by atoms with van der Waals surface area (Å²) < 4.78 is 52.4. The lowest BCUT2D eigenvalue weighted by molar-refractivity contribution is 0.511. The molecule has 0 bridgehead atoms. The van der Waals surface area contributed by atoms with Gasteiger partial charge in [0.05, 0.1) is 10.6 Å². The van der Waals surface area contributed by atoms with Crippen molar-refractivity contribution in [3.05, 3.63) is 59.7 Å². The molecule has 0 saturated carbocycles. The Kier molecular flexibility index (Phi) is 3.53. The van der Waals surface area contributed by atoms with E-state index < -0.39 is 27.3 Å². The molecule has 3 nitrogen and oxygen atoms in total. The first kappa shape index (κ1) is 13.5. The van der Waals surface area contributed by atoms with Crippen molar-refractivity contribution in [3.8, 4) is 0 Å². The number of sulfonamides is 1. The van der Waals surface area contributed by atoms with Gasteiger partial charge in [-0.3, -0.25) is 4.72 Å². The molecule has 0 atom stereocenters. The van der Waals surface area contributed by atoms with E-state index in [1.807, 2.05) is 11.6 Å². The first-order valence-electron chi connectivity index (χ1n) is 5.43. The van der Waals surface area contributed by atoms with E-state index in [0.717, 1.165) is 17.7 Å². The maximum absolute atomic E-state index is 13.4. The van der Waals surface area contributed by atoms with Crippen molar-refractivity contribution in [1.82, 2.24) is 0 Å². The summed E-state index contributed by atoms with van der Waals surface area (Å²) in [5.41, 5.74) is 0.483. The molecule has 2 rings (SSSR count). The van der Waals surface area contributed by atoms with Gasteiger partial charge < -0.3 is 0 Å². The van der Waals surface area contributed by atoms with Crippen LogP contribution in [0.5, 0.6) is 0 Å². The van der Waals surface area contributed by atoms with Crippen LogP contribution in [0.2, 0.25) is 0 Å². The van der Waals surface area contributed by atoms with Gasteiger partial charge in [0, 0.05) is 0 Å². The van der Waals surface area contributed by atoms with Crippen LogP contribution in [0.15, 0.2) is 47.4 Å². The van der Waals surface area contributed by atoms with Crippen LogP contribution in [0, 0.1) is 18.6 Å². The van der Waals surface area contributed by atoms with Crippen LogP contribution in [-0.4, -0.2) is 8.42 Å². The van der Waals surface area contributed by atoms with Crippen molar-refractivity contribution in [2.45, 2.75) is 11.8 Å². The first-order chi connectivity index (χ1) is 8.90. The minimum Gasteiger partial charge on any atom is -0.277 e. The number of rotatable bonds is 3. The summed E-state index contributed by atoms with van der Waals surface area (Å²) >= 11 is 0. The molecule has 100 valence electrons. The fourth-order valence-electron chi connectivity index (χ4n) is 1.50. The second kappa shape index (κ2) is 4.97. The molecule has 2 aromatic rings. The Labute approximate surface area is 109 Å². The molecule has 1 N–H and O–H groups in total. The van der Waals surface area contributed by atoms with Crippen LogP contribution in [0.1, 0.15) is 5.56 Å². The van der Waals surface area contributed by atoms with Gasteiger partial charge in [0.1, 0.15) is 0 Å². The highest BCUT2D eigenvalue weighted by molar-refractivity contribution is 7.92. The fraction of sp³-hybridized carbons (Fsp3) is 0.0769. The number of nitrogens with one attached hydrogen (secondary N) is 1. The normalized spacial score (nSPS) is 11.3. The van der Waals surface area contributed by atoms with Gasteiger partial charge >= 0.3 is 0 Å². The quantitative estimate of drug-likeness (QED) is 0.941. The van der Waals surface area contributed by atoms with E-state index >= 15 is 0 Å². The second-order valence-electron chi connectivity index (χ2n) is 4.02. The van der Waals surface area contributed by atoms with Gasteiger partial charge in [-0.1, -0.05) is 23.8 Å². The van der Waals surface area contributed by atoms with Crippen molar-refractivity contribution < 1.29 is 17.2 Å². The number of halogens is 2. The van der Waals surface area contributed by atoms with E-state index in [1.54, 1.807) is 12.1 Å². The number of anilines is 1. The topological polar surface area (TPSA) is 46.2 Å². The Bertz CT molecular complexity index is 697. The van der Waals surface area contributed by atoms with Crippen molar-refractivity contribution in [2.75, 3.05) is 4.72 Å². The Balaban J connectivity index is 2.36. The Morgan fingerprint density at radius 2 is 1.63 bits per heavy atom. The van der Waals surface area contributed by atoms with E-state index in [9.17, 15) is 17.2 Å². The summed E-state index contributed by atoms with van der Waals surface area (Å²) in [5.74, 6) is -2.33. The van der Waals surface area contributed by atoms with Crippen LogP contribution in [0.25, 0.3) is 0 Å². The molecule has 0 heterocycles. The Morgan fingerprint density at radius 1 is 1.00 bits per heavy atom. The molecule has 0 aromatic heterocycles. The third kappa shape index (κ3) is 2.90. The average Bonchev–Trinajstić information content (AvgIpc) is 2.35. The molecule has 19 heavy (non-hydrogen) atoms. The predicted molar refractivity (Wildman–Crippen MR) is 68.3 cm³/mol. The summed E-state index contributed by atoms with van der Waals surface area (Å²) in [4.78, 5) is -0.0123. The monoisotopic (exact) mass is 283 g/mol. The number of hydrogen-bond donors (Lipinski definition) is 1. The SMILES string of the molecule is Cc1ccc(S(=O)(=O)Nc2cccc(F)c2F)cc1. The van der Waals surface area contributed by atoms with Gasteiger partial charge in [-0.05, 0) is 31.2 Å². The first-order valence-corrected chi connectivity index (χ1v) is 6.92. The lowest BCUT2D eigenvalue weighted by Gasteiger charge is -2.09. The largest absolute Gasteiger partial charge is 0.277 e. The molecule has 0 aliphatic rings. The summed E-state index contributed by atoms with van der Waals surface area (Å²) in [6.07, 6.45) is 0. The highest BCUT2D eigenvalue weighted by atomic mass is 32.2. The van der Waals surface area contributed by atoms with Crippen molar-refractivity contribution >= 4 is 15.7 Å². The third-order valence-corrected chi connectivity index (χ3v) is 3.91. The number of aryl methyl sites for hydroxylation is 1. The zero-order valence-corrected chi connectivity index (χ0v) is 10.8. The van der Waals surface area contributed by atoms with E-state index in [2.05, 4.69) is 0 Å². The molecule has 0 spiro atoms. The lowest BCUT2D eigenvalue weighted by atomic mass is 10.2. The van der Waals surface area contributed by atoms with Gasteiger partial charge in [0.15, 0.2) is 11.6 Å². The van der Waals surface area contributed by atoms with E-state index in [4.69, 9.17) is 0 Å². The zero-order chi connectivity index (χ0) is 14.0. The van der Waals surface area contributed by atoms with E-state index in [-0.39, 0.29) is 4.90 Å². The molecule has 0 aliphatic heterocycles. The van der Waals surface area contributed by atoms with E-state index in [0.29, 0.717) is 0 Å². The molecule has 0 radical (unpaired) electrons. The standard InChI is InChI=1S/C13H11F2NO2S/c1-9-5-7-10(8-6-9)19(17,18)16-12-4-2-3-11(14)13(12)15/h2-8,16H,1H3. The summed E-state index contributed by atoms with van der Waals surface area (Å²) in [5, 5.41) is 0. The van der Waals surface area contributed by atoms with Gasteiger partial charge in [-0.25, -0.2) is 17.2 Å². The highest BCUT2D eigenvalue weighted by Crippen LogP contribution is 2.21. The number of benzene rings is 2. The maximum Gasteiger partial charge on any atom is 0.261 e. The van der Waals surface area contributed by atoms with Crippen LogP contribution >= 0.6 is 0 Å². The molecule has 0 saturated heterocycles. The summed E-state index contributed by atoms with van der Waals surface area (Å²) in [6.45, 7) is 1.82. The van der Waals surface area contributed by atoms with Crippen LogP contribution < -0.4 is 4.72 Å². The van der Waals surface area contributed by atoms with Crippen LogP contribution in [-0.2, 0) is 10.0 Å². The minimum atomic E-state index is -3.93. The average molecular weight is 283 g/mol. The molecule has 2 aromatic carbocycles. The predicted octanol–water partition coefficient (Wildman–Crippen LogP) is 3.07. The number of hydrogen-bond acceptors (Lipinski definition) is 2. The van der Waals surface area contributed by atoms with Gasteiger partial charge in [0.25, 0.3) is 10.0 Å². The minimum absolute atomic E-state index is 0.0123. The van der Waals surface area contributed by atoms with Crippen molar-refractivity contribution in [2.24, 2.45) is 0 Å². The van der Waals surface area contributed by atoms with Crippen molar-refractivity contribution in [3.63, 3.8) is 0 Å². The highest BCUT2D eigenvalue weighted by Gasteiger charge is 2.17. The molecule has 6 heteroatoms. The zero-order valence-electron chi connectivity index (χ0n) is 10.0. The maximum atomic E-state index is 13.4.